The van der Waals surface area contributed by atoms with E-state index in [2.05, 4.69) is 0 Å². The summed E-state index contributed by atoms with van der Waals surface area (Å²) in [5.74, 6) is 0.143. The van der Waals surface area contributed by atoms with Crippen molar-refractivity contribution < 1.29 is 4.79 Å². The lowest BCUT2D eigenvalue weighted by Crippen LogP contribution is -2.46. The molecule has 0 radical (unpaired) electrons. The average molecular weight is 226 g/mol. The highest BCUT2D eigenvalue weighted by molar-refractivity contribution is 5.79. The molecule has 16 heavy (non-hydrogen) atoms. The molecule has 0 aromatic carbocycles. The molecule has 2 amide bonds. The number of carbonyl (C=O) groups is 1. The van der Waals surface area contributed by atoms with Crippen LogP contribution in [-0.2, 0) is 0 Å². The topological polar surface area (TPSA) is 73.4 Å². The zero-order valence-electron chi connectivity index (χ0n) is 10.0. The molecular formula is C11H22N4O. The van der Waals surface area contributed by atoms with E-state index < -0.39 is 0 Å². The first-order valence-electron chi connectivity index (χ1n) is 6.02. The predicted octanol–water partition coefficient (Wildman–Crippen LogP) is 1.24. The standard InChI is InChI=1S/C11H22N4O/c1-2-14(9-6-10(12)13)11(16)15-7-4-3-5-8-15/h2-9H2,1H3,(H3,12,13). The third-order valence-electron chi connectivity index (χ3n) is 2.93. The number of nitrogens with zero attached hydrogens (tertiary/aromatic N) is 2. The van der Waals surface area contributed by atoms with Crippen molar-refractivity contribution in [1.82, 2.24) is 9.80 Å². The Balaban J connectivity index is 2.44. The normalized spacial score (nSPS) is 15.9. The number of carbonyl (C=O) groups excluding carboxylic acids is 1. The van der Waals surface area contributed by atoms with Crippen molar-refractivity contribution in [3.05, 3.63) is 0 Å². The summed E-state index contributed by atoms with van der Waals surface area (Å²) in [6.07, 6.45) is 3.91. The molecule has 5 heteroatoms. The van der Waals surface area contributed by atoms with Crippen molar-refractivity contribution in [2.75, 3.05) is 26.2 Å². The molecule has 0 saturated carbocycles. The van der Waals surface area contributed by atoms with Gasteiger partial charge in [-0.25, -0.2) is 4.79 Å². The molecule has 92 valence electrons. The van der Waals surface area contributed by atoms with Crippen LogP contribution < -0.4 is 5.73 Å². The zero-order valence-corrected chi connectivity index (χ0v) is 10.0. The van der Waals surface area contributed by atoms with Gasteiger partial charge < -0.3 is 15.5 Å². The minimum Gasteiger partial charge on any atom is -0.388 e. The second-order valence-electron chi connectivity index (χ2n) is 4.19. The number of rotatable bonds is 4. The van der Waals surface area contributed by atoms with Gasteiger partial charge in [0.1, 0.15) is 0 Å². The zero-order chi connectivity index (χ0) is 12.0. The second-order valence-corrected chi connectivity index (χ2v) is 4.19. The lowest BCUT2D eigenvalue weighted by Gasteiger charge is -2.32. The van der Waals surface area contributed by atoms with Crippen LogP contribution >= 0.6 is 0 Å². The Labute approximate surface area is 97.1 Å². The molecule has 0 aromatic rings. The van der Waals surface area contributed by atoms with Gasteiger partial charge in [-0.2, -0.15) is 0 Å². The molecule has 0 atom stereocenters. The van der Waals surface area contributed by atoms with Crippen molar-refractivity contribution >= 4 is 11.9 Å². The highest BCUT2D eigenvalue weighted by Gasteiger charge is 2.21. The third-order valence-corrected chi connectivity index (χ3v) is 2.93. The summed E-state index contributed by atoms with van der Waals surface area (Å²) >= 11 is 0. The van der Waals surface area contributed by atoms with Crippen molar-refractivity contribution in [2.45, 2.75) is 32.6 Å². The van der Waals surface area contributed by atoms with E-state index >= 15 is 0 Å². The van der Waals surface area contributed by atoms with Gasteiger partial charge >= 0.3 is 6.03 Å². The largest absolute Gasteiger partial charge is 0.388 e. The highest BCUT2D eigenvalue weighted by Crippen LogP contribution is 2.11. The predicted molar refractivity (Wildman–Crippen MR) is 64.6 cm³/mol. The molecule has 1 rings (SSSR count). The molecule has 0 unspecified atom stereocenters. The van der Waals surface area contributed by atoms with Crippen LogP contribution in [0.2, 0.25) is 0 Å². The number of nitrogens with one attached hydrogen (secondary N) is 1. The minimum absolute atomic E-state index is 0.100. The Morgan fingerprint density at radius 1 is 1.38 bits per heavy atom. The molecule has 0 aromatic heterocycles. The van der Waals surface area contributed by atoms with E-state index in [1.807, 2.05) is 11.8 Å². The number of piperidine rings is 1. The fourth-order valence-electron chi connectivity index (χ4n) is 1.93. The van der Waals surface area contributed by atoms with Gasteiger partial charge in [0.05, 0.1) is 5.84 Å². The molecule has 0 spiro atoms. The van der Waals surface area contributed by atoms with Crippen molar-refractivity contribution in [3.63, 3.8) is 0 Å². The van der Waals surface area contributed by atoms with Crippen molar-refractivity contribution in [2.24, 2.45) is 5.73 Å². The van der Waals surface area contributed by atoms with E-state index in [9.17, 15) is 4.79 Å². The lowest BCUT2D eigenvalue weighted by atomic mass is 10.1. The van der Waals surface area contributed by atoms with E-state index in [4.69, 9.17) is 11.1 Å². The summed E-state index contributed by atoms with van der Waals surface area (Å²) in [6, 6.07) is 0.100. The number of amidine groups is 1. The summed E-state index contributed by atoms with van der Waals surface area (Å²) in [6.45, 7) is 4.94. The number of hydrogen-bond donors (Lipinski definition) is 2. The molecule has 5 nitrogen and oxygen atoms in total. The van der Waals surface area contributed by atoms with Gasteiger partial charge in [0.15, 0.2) is 0 Å². The Morgan fingerprint density at radius 2 is 2.00 bits per heavy atom. The first-order valence-corrected chi connectivity index (χ1v) is 6.02. The Hall–Kier alpha value is -1.26. The molecule has 0 bridgehead atoms. The van der Waals surface area contributed by atoms with Crippen LogP contribution in [0.3, 0.4) is 0 Å². The smallest absolute Gasteiger partial charge is 0.320 e. The molecule has 1 saturated heterocycles. The van der Waals surface area contributed by atoms with Crippen LogP contribution in [0.5, 0.6) is 0 Å². The first-order chi connectivity index (χ1) is 7.65. The Bertz CT molecular complexity index is 248. The number of nitrogens with two attached hydrogens (primary N) is 1. The van der Waals surface area contributed by atoms with Crippen LogP contribution in [-0.4, -0.2) is 47.8 Å². The summed E-state index contributed by atoms with van der Waals surface area (Å²) in [4.78, 5) is 15.8. The minimum atomic E-state index is 0.100. The van der Waals surface area contributed by atoms with Gasteiger partial charge in [-0.3, -0.25) is 5.41 Å². The number of urea groups is 1. The summed E-state index contributed by atoms with van der Waals surface area (Å²) in [7, 11) is 0. The second kappa shape index (κ2) is 6.35. The highest BCUT2D eigenvalue weighted by atomic mass is 16.2. The monoisotopic (exact) mass is 226 g/mol. The molecular weight excluding hydrogens is 204 g/mol. The first kappa shape index (κ1) is 12.8. The van der Waals surface area contributed by atoms with Gasteiger partial charge in [0.25, 0.3) is 0 Å². The Morgan fingerprint density at radius 3 is 2.50 bits per heavy atom. The fraction of sp³-hybridized carbons (Fsp3) is 0.818. The van der Waals surface area contributed by atoms with Crippen LogP contribution in [0.1, 0.15) is 32.6 Å². The summed E-state index contributed by atoms with van der Waals surface area (Å²) in [5, 5.41) is 7.17. The number of likely N-dealkylation sites (tertiary alicyclic amines) is 1. The molecule has 0 aliphatic carbocycles. The molecule has 1 aliphatic rings. The molecule has 1 aliphatic heterocycles. The van der Waals surface area contributed by atoms with Gasteiger partial charge in [0.2, 0.25) is 0 Å². The van der Waals surface area contributed by atoms with E-state index in [0.717, 1.165) is 25.9 Å². The lowest BCUT2D eigenvalue weighted by molar-refractivity contribution is 0.147. The quantitative estimate of drug-likeness (QED) is 0.559. The summed E-state index contributed by atoms with van der Waals surface area (Å²) in [5.41, 5.74) is 5.31. The van der Waals surface area contributed by atoms with E-state index in [-0.39, 0.29) is 11.9 Å². The maximum atomic E-state index is 12.1. The third kappa shape index (κ3) is 3.72. The van der Waals surface area contributed by atoms with Gasteiger partial charge in [-0.1, -0.05) is 0 Å². The SMILES string of the molecule is CCN(CCC(=N)N)C(=O)N1CCCCC1. The fourth-order valence-corrected chi connectivity index (χ4v) is 1.93. The maximum Gasteiger partial charge on any atom is 0.320 e. The van der Waals surface area contributed by atoms with Crippen LogP contribution in [0.25, 0.3) is 0 Å². The molecule has 1 fully saturated rings. The molecule has 3 N–H and O–H groups in total. The van der Waals surface area contributed by atoms with Crippen LogP contribution in [0.15, 0.2) is 0 Å². The summed E-state index contributed by atoms with van der Waals surface area (Å²) < 4.78 is 0. The van der Waals surface area contributed by atoms with Crippen molar-refractivity contribution in [3.8, 4) is 0 Å². The Kier molecular flexibility index (Phi) is 5.08. The van der Waals surface area contributed by atoms with E-state index in [1.54, 1.807) is 4.90 Å². The van der Waals surface area contributed by atoms with Crippen molar-refractivity contribution in [1.29, 1.82) is 5.41 Å². The number of hydrogen-bond acceptors (Lipinski definition) is 2. The van der Waals surface area contributed by atoms with E-state index in [0.29, 0.717) is 19.5 Å². The van der Waals surface area contributed by atoms with Crippen LogP contribution in [0, 0.1) is 5.41 Å². The maximum absolute atomic E-state index is 12.1. The van der Waals surface area contributed by atoms with Gasteiger partial charge in [-0.05, 0) is 26.2 Å². The average Bonchev–Trinajstić information content (AvgIpc) is 2.30. The van der Waals surface area contributed by atoms with Gasteiger partial charge in [0, 0.05) is 32.6 Å². The van der Waals surface area contributed by atoms with Gasteiger partial charge in [-0.15, -0.1) is 0 Å². The number of amides is 2. The molecule has 1 heterocycles. The van der Waals surface area contributed by atoms with E-state index in [1.165, 1.54) is 6.42 Å². The van der Waals surface area contributed by atoms with Crippen LogP contribution in [0.4, 0.5) is 4.79 Å².